The average molecular weight is 377 g/mol. The highest BCUT2D eigenvalue weighted by Gasteiger charge is 2.22. The number of carbonyl (C=O) groups is 2. The lowest BCUT2D eigenvalue weighted by atomic mass is 9.97. The minimum Gasteiger partial charge on any atom is -0.455 e. The van der Waals surface area contributed by atoms with Crippen LogP contribution in [0.4, 0.5) is 11.4 Å². The molecule has 0 fully saturated rings. The zero-order valence-corrected chi connectivity index (χ0v) is 14.7. The summed E-state index contributed by atoms with van der Waals surface area (Å²) in [6.45, 7) is 1.29. The minimum absolute atomic E-state index is 0.0568. The molecule has 1 amide bonds. The largest absolute Gasteiger partial charge is 0.455 e. The molecule has 0 saturated carbocycles. The molecular weight excluding hydrogens is 360 g/mol. The smallest absolute Gasteiger partial charge is 0.313 e. The van der Waals surface area contributed by atoms with E-state index in [0.29, 0.717) is 6.42 Å². The van der Waals surface area contributed by atoms with Gasteiger partial charge in [-0.05, 0) is 24.1 Å². The highest BCUT2D eigenvalue weighted by atomic mass is 35.5. The minimum atomic E-state index is -0.688. The number of nitro groups is 1. The van der Waals surface area contributed by atoms with Crippen molar-refractivity contribution in [2.24, 2.45) is 0 Å². The number of rotatable bonds is 7. The van der Waals surface area contributed by atoms with E-state index >= 15 is 0 Å². The van der Waals surface area contributed by atoms with Gasteiger partial charge >= 0.3 is 5.97 Å². The van der Waals surface area contributed by atoms with E-state index in [0.717, 1.165) is 5.56 Å². The summed E-state index contributed by atoms with van der Waals surface area (Å²) in [7, 11) is 0. The Morgan fingerprint density at radius 2 is 1.92 bits per heavy atom. The maximum atomic E-state index is 12.2. The average Bonchev–Trinajstić information content (AvgIpc) is 2.61. The van der Waals surface area contributed by atoms with Gasteiger partial charge < -0.3 is 10.1 Å². The molecule has 136 valence electrons. The number of nitro benzene ring substituents is 1. The van der Waals surface area contributed by atoms with Gasteiger partial charge in [0, 0.05) is 11.1 Å². The molecule has 1 atom stereocenters. The number of nitrogens with one attached hydrogen (secondary N) is 1. The SMILES string of the molecule is CC[C@H](C(=O)OCC(=O)Nc1cc(Cl)ccc1[N+](=O)[O-])c1ccccc1. The Labute approximate surface area is 155 Å². The molecule has 0 aliphatic rings. The number of nitrogens with zero attached hydrogens (tertiary/aromatic N) is 1. The molecule has 2 aromatic carbocycles. The van der Waals surface area contributed by atoms with Gasteiger partial charge in [0.2, 0.25) is 0 Å². The second kappa shape index (κ2) is 8.96. The van der Waals surface area contributed by atoms with Crippen LogP contribution in [0.25, 0.3) is 0 Å². The van der Waals surface area contributed by atoms with Crippen LogP contribution in [0.3, 0.4) is 0 Å². The maximum Gasteiger partial charge on any atom is 0.313 e. The Balaban J connectivity index is 1.99. The van der Waals surface area contributed by atoms with Gasteiger partial charge in [-0.2, -0.15) is 0 Å². The maximum absolute atomic E-state index is 12.2. The van der Waals surface area contributed by atoms with E-state index in [2.05, 4.69) is 5.32 Å². The van der Waals surface area contributed by atoms with Gasteiger partial charge in [0.05, 0.1) is 10.8 Å². The van der Waals surface area contributed by atoms with Crippen molar-refractivity contribution in [1.29, 1.82) is 0 Å². The molecule has 0 radical (unpaired) electrons. The fourth-order valence-electron chi connectivity index (χ4n) is 2.41. The lowest BCUT2D eigenvalue weighted by molar-refractivity contribution is -0.383. The summed E-state index contributed by atoms with van der Waals surface area (Å²) in [5.74, 6) is -1.70. The van der Waals surface area contributed by atoms with E-state index in [9.17, 15) is 19.7 Å². The van der Waals surface area contributed by atoms with Crippen molar-refractivity contribution in [3.8, 4) is 0 Å². The van der Waals surface area contributed by atoms with Crippen LogP contribution in [-0.4, -0.2) is 23.4 Å². The topological polar surface area (TPSA) is 98.5 Å². The van der Waals surface area contributed by atoms with E-state index in [4.69, 9.17) is 16.3 Å². The monoisotopic (exact) mass is 376 g/mol. The number of benzene rings is 2. The van der Waals surface area contributed by atoms with Crippen molar-refractivity contribution in [3.05, 3.63) is 69.2 Å². The summed E-state index contributed by atoms with van der Waals surface area (Å²) in [6, 6.07) is 12.9. The molecule has 1 N–H and O–H groups in total. The molecule has 0 heterocycles. The van der Waals surface area contributed by atoms with Gasteiger partial charge in [-0.1, -0.05) is 48.9 Å². The van der Waals surface area contributed by atoms with Gasteiger partial charge in [-0.25, -0.2) is 0 Å². The first kappa shape index (κ1) is 19.4. The third-order valence-electron chi connectivity index (χ3n) is 3.67. The van der Waals surface area contributed by atoms with E-state index in [1.54, 1.807) is 0 Å². The van der Waals surface area contributed by atoms with Gasteiger partial charge in [0.1, 0.15) is 5.69 Å². The van der Waals surface area contributed by atoms with E-state index < -0.39 is 29.3 Å². The molecule has 26 heavy (non-hydrogen) atoms. The number of anilines is 1. The molecular formula is C18H17ClN2O5. The van der Waals surface area contributed by atoms with Crippen LogP contribution in [0, 0.1) is 10.1 Å². The van der Waals surface area contributed by atoms with Crippen LogP contribution in [-0.2, 0) is 14.3 Å². The highest BCUT2D eigenvalue weighted by Crippen LogP contribution is 2.27. The normalized spacial score (nSPS) is 11.5. The summed E-state index contributed by atoms with van der Waals surface area (Å²) in [4.78, 5) is 34.6. The Hall–Kier alpha value is -2.93. The summed E-state index contributed by atoms with van der Waals surface area (Å²) < 4.78 is 5.06. The van der Waals surface area contributed by atoms with Gasteiger partial charge in [0.15, 0.2) is 6.61 Å². The van der Waals surface area contributed by atoms with Crippen molar-refractivity contribution < 1.29 is 19.2 Å². The third kappa shape index (κ3) is 5.03. The lowest BCUT2D eigenvalue weighted by Gasteiger charge is -2.14. The summed E-state index contributed by atoms with van der Waals surface area (Å²) in [6.07, 6.45) is 0.518. The first-order valence-corrected chi connectivity index (χ1v) is 8.25. The fourth-order valence-corrected chi connectivity index (χ4v) is 2.59. The number of hydrogen-bond donors (Lipinski definition) is 1. The molecule has 0 aliphatic carbocycles. The van der Waals surface area contributed by atoms with Crippen LogP contribution in [0.15, 0.2) is 48.5 Å². The number of halogens is 1. The molecule has 0 saturated heterocycles. The number of carbonyl (C=O) groups excluding carboxylic acids is 2. The van der Waals surface area contributed by atoms with Gasteiger partial charge in [0.25, 0.3) is 11.6 Å². The zero-order chi connectivity index (χ0) is 19.1. The van der Waals surface area contributed by atoms with Crippen LogP contribution in [0.2, 0.25) is 5.02 Å². The first-order chi connectivity index (χ1) is 12.4. The zero-order valence-electron chi connectivity index (χ0n) is 14.0. The Morgan fingerprint density at radius 3 is 2.54 bits per heavy atom. The number of hydrogen-bond acceptors (Lipinski definition) is 5. The fraction of sp³-hybridized carbons (Fsp3) is 0.222. The Bertz CT molecular complexity index is 810. The van der Waals surface area contributed by atoms with Crippen molar-refractivity contribution in [2.45, 2.75) is 19.3 Å². The van der Waals surface area contributed by atoms with Crippen molar-refractivity contribution in [3.63, 3.8) is 0 Å². The lowest BCUT2D eigenvalue weighted by Crippen LogP contribution is -2.24. The molecule has 0 spiro atoms. The van der Waals surface area contributed by atoms with E-state index in [-0.39, 0.29) is 16.4 Å². The third-order valence-corrected chi connectivity index (χ3v) is 3.90. The molecule has 0 bridgehead atoms. The molecule has 0 aromatic heterocycles. The molecule has 2 aromatic rings. The highest BCUT2D eigenvalue weighted by molar-refractivity contribution is 6.31. The molecule has 7 nitrogen and oxygen atoms in total. The van der Waals surface area contributed by atoms with Crippen LogP contribution in [0.1, 0.15) is 24.8 Å². The first-order valence-electron chi connectivity index (χ1n) is 7.87. The van der Waals surface area contributed by atoms with Crippen molar-refractivity contribution >= 4 is 34.9 Å². The molecule has 0 aliphatic heterocycles. The summed E-state index contributed by atoms with van der Waals surface area (Å²) in [5, 5.41) is 13.6. The Morgan fingerprint density at radius 1 is 1.23 bits per heavy atom. The van der Waals surface area contributed by atoms with Gasteiger partial charge in [-0.15, -0.1) is 0 Å². The molecule has 0 unspecified atom stereocenters. The summed E-state index contributed by atoms with van der Waals surface area (Å²) in [5.41, 5.74) is 0.439. The molecule has 2 rings (SSSR count). The number of amides is 1. The number of ether oxygens (including phenoxy) is 1. The second-order valence-corrected chi connectivity index (χ2v) is 5.88. The van der Waals surface area contributed by atoms with E-state index in [1.807, 2.05) is 37.3 Å². The van der Waals surface area contributed by atoms with Gasteiger partial charge in [-0.3, -0.25) is 19.7 Å². The van der Waals surface area contributed by atoms with Crippen LogP contribution >= 0.6 is 11.6 Å². The number of esters is 1. The quantitative estimate of drug-likeness (QED) is 0.448. The Kier molecular flexibility index (Phi) is 6.68. The molecule has 8 heteroatoms. The predicted octanol–water partition coefficient (Wildman–Crippen LogP) is 3.92. The van der Waals surface area contributed by atoms with Crippen molar-refractivity contribution in [1.82, 2.24) is 0 Å². The van der Waals surface area contributed by atoms with Crippen molar-refractivity contribution in [2.75, 3.05) is 11.9 Å². The van der Waals surface area contributed by atoms with E-state index in [1.165, 1.54) is 18.2 Å². The predicted molar refractivity (Wildman–Crippen MR) is 97.2 cm³/mol. The van der Waals surface area contributed by atoms with Crippen LogP contribution in [0.5, 0.6) is 0 Å². The summed E-state index contributed by atoms with van der Waals surface area (Å²) >= 11 is 5.80. The second-order valence-electron chi connectivity index (χ2n) is 5.45. The van der Waals surface area contributed by atoms with Crippen LogP contribution < -0.4 is 5.32 Å². The standard InChI is InChI=1S/C18H17ClN2O5/c1-2-14(12-6-4-3-5-7-12)18(23)26-11-17(22)20-15-10-13(19)8-9-16(15)21(24)25/h3-10,14H,2,11H2,1H3,(H,20,22)/t14-/m0/s1.